The van der Waals surface area contributed by atoms with E-state index in [0.717, 1.165) is 31.0 Å². The second-order valence-corrected chi connectivity index (χ2v) is 3.51. The van der Waals surface area contributed by atoms with E-state index in [0.29, 0.717) is 0 Å². The molecule has 14 heavy (non-hydrogen) atoms. The molecule has 0 aromatic carbocycles. The molecule has 1 aromatic rings. The minimum Gasteiger partial charge on any atom is -0.311 e. The summed E-state index contributed by atoms with van der Waals surface area (Å²) in [5.74, 6) is 0.795. The number of carbonyl (C=O) groups is 1. The van der Waals surface area contributed by atoms with E-state index in [1.807, 2.05) is 7.05 Å². The van der Waals surface area contributed by atoms with E-state index >= 15 is 0 Å². The van der Waals surface area contributed by atoms with Crippen molar-refractivity contribution in [3.8, 4) is 0 Å². The Labute approximate surface area is 82.5 Å². The first-order valence-corrected chi connectivity index (χ1v) is 4.71. The third-order valence-electron chi connectivity index (χ3n) is 2.37. The number of carbonyl (C=O) groups excluding carboxylic acids is 1. The Morgan fingerprint density at radius 2 is 2.43 bits per heavy atom. The quantitative estimate of drug-likeness (QED) is 0.663. The lowest BCUT2D eigenvalue weighted by molar-refractivity contribution is -0.114. The molecule has 0 spiro atoms. The first kappa shape index (κ1) is 9.21. The highest BCUT2D eigenvalue weighted by Crippen LogP contribution is 2.21. The highest BCUT2D eigenvalue weighted by molar-refractivity contribution is 5.88. The van der Waals surface area contributed by atoms with Crippen LogP contribution in [0.2, 0.25) is 0 Å². The summed E-state index contributed by atoms with van der Waals surface area (Å²) in [6, 6.07) is 0. The largest absolute Gasteiger partial charge is 0.311 e. The zero-order valence-corrected chi connectivity index (χ0v) is 8.42. The molecule has 2 heterocycles. The van der Waals surface area contributed by atoms with Gasteiger partial charge in [-0.15, -0.1) is 0 Å². The Bertz CT molecular complexity index is 369. The summed E-state index contributed by atoms with van der Waals surface area (Å²) >= 11 is 0. The zero-order chi connectivity index (χ0) is 10.1. The molecule has 1 aliphatic heterocycles. The van der Waals surface area contributed by atoms with Gasteiger partial charge in [-0.25, -0.2) is 0 Å². The summed E-state index contributed by atoms with van der Waals surface area (Å²) in [5.41, 5.74) is 2.21. The molecular weight excluding hydrogens is 180 g/mol. The molecule has 0 atom stereocenters. The van der Waals surface area contributed by atoms with Gasteiger partial charge in [-0.2, -0.15) is 5.10 Å². The summed E-state index contributed by atoms with van der Waals surface area (Å²) in [7, 11) is 1.85. The standard InChI is InChI=1S/C9H14N4O/c1-6(14)11-9-7-3-4-10-5-8(7)12-13(9)2/h10H,3-5H2,1-2H3,(H,11,14). The molecule has 0 saturated heterocycles. The number of fused-ring (bicyclic) bond motifs is 1. The van der Waals surface area contributed by atoms with Gasteiger partial charge in [-0.3, -0.25) is 9.48 Å². The first-order chi connectivity index (χ1) is 6.68. The lowest BCUT2D eigenvalue weighted by Gasteiger charge is -2.12. The maximum atomic E-state index is 11.0. The van der Waals surface area contributed by atoms with Crippen molar-refractivity contribution in [2.24, 2.45) is 7.05 Å². The fourth-order valence-electron chi connectivity index (χ4n) is 1.77. The minimum atomic E-state index is -0.0469. The van der Waals surface area contributed by atoms with E-state index in [1.54, 1.807) is 4.68 Å². The Balaban J connectivity index is 2.37. The normalized spacial score (nSPS) is 15.0. The molecule has 0 fully saturated rings. The first-order valence-electron chi connectivity index (χ1n) is 4.71. The average molecular weight is 194 g/mol. The monoisotopic (exact) mass is 194 g/mol. The summed E-state index contributed by atoms with van der Waals surface area (Å²) < 4.78 is 1.74. The molecule has 5 nitrogen and oxygen atoms in total. The molecule has 0 radical (unpaired) electrons. The Kier molecular flexibility index (Phi) is 2.25. The molecule has 5 heteroatoms. The number of anilines is 1. The van der Waals surface area contributed by atoms with Crippen molar-refractivity contribution in [2.45, 2.75) is 19.9 Å². The topological polar surface area (TPSA) is 59.0 Å². The maximum Gasteiger partial charge on any atom is 0.222 e. The van der Waals surface area contributed by atoms with Gasteiger partial charge >= 0.3 is 0 Å². The maximum absolute atomic E-state index is 11.0. The Hall–Kier alpha value is -1.36. The molecule has 2 rings (SSSR count). The van der Waals surface area contributed by atoms with E-state index in [-0.39, 0.29) is 5.91 Å². The minimum absolute atomic E-state index is 0.0469. The fraction of sp³-hybridized carbons (Fsp3) is 0.556. The number of rotatable bonds is 1. The third-order valence-corrected chi connectivity index (χ3v) is 2.37. The van der Waals surface area contributed by atoms with Gasteiger partial charge in [0.25, 0.3) is 0 Å². The number of aryl methyl sites for hydroxylation is 1. The van der Waals surface area contributed by atoms with Gasteiger partial charge in [-0.1, -0.05) is 0 Å². The molecule has 0 saturated carbocycles. The molecular formula is C9H14N4O. The molecule has 0 aliphatic carbocycles. The van der Waals surface area contributed by atoms with Crippen LogP contribution < -0.4 is 10.6 Å². The van der Waals surface area contributed by atoms with Gasteiger partial charge in [0.1, 0.15) is 5.82 Å². The van der Waals surface area contributed by atoms with E-state index in [9.17, 15) is 4.79 Å². The van der Waals surface area contributed by atoms with Crippen molar-refractivity contribution in [1.82, 2.24) is 15.1 Å². The van der Waals surface area contributed by atoms with E-state index in [1.165, 1.54) is 12.5 Å². The number of amides is 1. The van der Waals surface area contributed by atoms with E-state index in [2.05, 4.69) is 15.7 Å². The number of nitrogens with zero attached hydrogens (tertiary/aromatic N) is 2. The van der Waals surface area contributed by atoms with Crippen LogP contribution in [0.15, 0.2) is 0 Å². The van der Waals surface area contributed by atoms with E-state index < -0.39 is 0 Å². The third kappa shape index (κ3) is 1.50. The fourth-order valence-corrected chi connectivity index (χ4v) is 1.77. The van der Waals surface area contributed by atoms with Gasteiger partial charge in [0.15, 0.2) is 0 Å². The van der Waals surface area contributed by atoms with Crippen molar-refractivity contribution in [3.63, 3.8) is 0 Å². The molecule has 1 aromatic heterocycles. The second-order valence-electron chi connectivity index (χ2n) is 3.51. The number of aromatic nitrogens is 2. The lowest BCUT2D eigenvalue weighted by atomic mass is 10.1. The van der Waals surface area contributed by atoms with Crippen LogP contribution in [-0.4, -0.2) is 22.2 Å². The summed E-state index contributed by atoms with van der Waals surface area (Å²) in [5, 5.41) is 10.4. The molecule has 0 unspecified atom stereocenters. The van der Waals surface area contributed by atoms with Crippen LogP contribution in [0.3, 0.4) is 0 Å². The van der Waals surface area contributed by atoms with Crippen LogP contribution in [0.5, 0.6) is 0 Å². The van der Waals surface area contributed by atoms with Crippen LogP contribution in [0.1, 0.15) is 18.2 Å². The van der Waals surface area contributed by atoms with Crippen LogP contribution >= 0.6 is 0 Å². The van der Waals surface area contributed by atoms with Crippen molar-refractivity contribution in [1.29, 1.82) is 0 Å². The lowest BCUT2D eigenvalue weighted by Crippen LogP contribution is -2.23. The molecule has 1 amide bonds. The van der Waals surface area contributed by atoms with E-state index in [4.69, 9.17) is 0 Å². The predicted molar refractivity (Wildman–Crippen MR) is 52.9 cm³/mol. The Morgan fingerprint density at radius 3 is 3.14 bits per heavy atom. The molecule has 0 bridgehead atoms. The molecule has 76 valence electrons. The second kappa shape index (κ2) is 3.42. The Morgan fingerprint density at radius 1 is 1.64 bits per heavy atom. The smallest absolute Gasteiger partial charge is 0.222 e. The summed E-state index contributed by atoms with van der Waals surface area (Å²) in [6.45, 7) is 3.26. The van der Waals surface area contributed by atoms with Gasteiger partial charge in [0.2, 0.25) is 5.91 Å². The van der Waals surface area contributed by atoms with Gasteiger partial charge in [0, 0.05) is 26.1 Å². The van der Waals surface area contributed by atoms with Gasteiger partial charge in [-0.05, 0) is 13.0 Å². The molecule has 1 aliphatic rings. The van der Waals surface area contributed by atoms with Crippen LogP contribution in [0, 0.1) is 0 Å². The SMILES string of the molecule is CC(=O)Nc1c2c(nn1C)CNCC2. The highest BCUT2D eigenvalue weighted by atomic mass is 16.1. The zero-order valence-electron chi connectivity index (χ0n) is 8.42. The van der Waals surface area contributed by atoms with Crippen LogP contribution in [-0.2, 0) is 24.8 Å². The number of nitrogens with one attached hydrogen (secondary N) is 2. The number of hydrogen-bond donors (Lipinski definition) is 2. The van der Waals surface area contributed by atoms with Gasteiger partial charge < -0.3 is 10.6 Å². The van der Waals surface area contributed by atoms with Crippen molar-refractivity contribution in [3.05, 3.63) is 11.3 Å². The van der Waals surface area contributed by atoms with Gasteiger partial charge in [0.05, 0.1) is 5.69 Å². The summed E-state index contributed by atoms with van der Waals surface area (Å²) in [4.78, 5) is 11.0. The van der Waals surface area contributed by atoms with Crippen molar-refractivity contribution < 1.29 is 4.79 Å². The average Bonchev–Trinajstić information content (AvgIpc) is 2.43. The number of hydrogen-bond acceptors (Lipinski definition) is 3. The van der Waals surface area contributed by atoms with Crippen molar-refractivity contribution in [2.75, 3.05) is 11.9 Å². The highest BCUT2D eigenvalue weighted by Gasteiger charge is 2.19. The summed E-state index contributed by atoms with van der Waals surface area (Å²) in [6.07, 6.45) is 0.929. The van der Waals surface area contributed by atoms with Crippen molar-refractivity contribution >= 4 is 11.7 Å². The molecule has 2 N–H and O–H groups in total. The van der Waals surface area contributed by atoms with Crippen LogP contribution in [0.4, 0.5) is 5.82 Å². The predicted octanol–water partition coefficient (Wildman–Crippen LogP) is 0.0242. The van der Waals surface area contributed by atoms with Crippen LogP contribution in [0.25, 0.3) is 0 Å².